The lowest BCUT2D eigenvalue weighted by molar-refractivity contribution is -0.153. The molecule has 1 unspecified atom stereocenters. The zero-order valence-corrected chi connectivity index (χ0v) is 20.0. The molecule has 0 saturated heterocycles. The minimum atomic E-state index is -1.44. The van der Waals surface area contributed by atoms with E-state index in [2.05, 4.69) is 0 Å². The van der Waals surface area contributed by atoms with E-state index < -0.39 is 23.9 Å². The highest BCUT2D eigenvalue weighted by atomic mass is 35.5. The van der Waals surface area contributed by atoms with E-state index in [1.54, 1.807) is 60.7 Å². The van der Waals surface area contributed by atoms with E-state index in [0.717, 1.165) is 0 Å². The Hall–Kier alpha value is -3.61. The van der Waals surface area contributed by atoms with Crippen molar-refractivity contribution in [2.45, 2.75) is 12.5 Å². The molecular weight excluding hydrogens is 489 g/mol. The van der Waals surface area contributed by atoms with Crippen LogP contribution in [0, 0.1) is 5.92 Å². The number of carbonyl (C=O) groups excluding carboxylic acids is 3. The highest BCUT2D eigenvalue weighted by Crippen LogP contribution is 2.26. The lowest BCUT2D eigenvalue weighted by Crippen LogP contribution is -2.52. The van der Waals surface area contributed by atoms with Crippen LogP contribution in [0.2, 0.25) is 10.0 Å². The molecule has 1 aliphatic heterocycles. The molecule has 0 bridgehead atoms. The molecule has 3 aromatic rings. The number of ether oxygens (including phenoxy) is 2. The molecule has 8 heteroatoms. The van der Waals surface area contributed by atoms with Gasteiger partial charge < -0.3 is 14.4 Å². The summed E-state index contributed by atoms with van der Waals surface area (Å²) < 4.78 is 11.0. The second-order valence-corrected chi connectivity index (χ2v) is 8.67. The molecular formula is C27H21Cl2NO5. The number of carbonyl (C=O) groups is 3. The zero-order valence-electron chi connectivity index (χ0n) is 18.5. The van der Waals surface area contributed by atoms with Gasteiger partial charge in [-0.05, 0) is 67.1 Å². The van der Waals surface area contributed by atoms with Gasteiger partial charge in [-0.2, -0.15) is 0 Å². The summed E-state index contributed by atoms with van der Waals surface area (Å²) in [5, 5.41) is 0.941. The molecule has 1 heterocycles. The summed E-state index contributed by atoms with van der Waals surface area (Å²) >= 11 is 11.8. The third kappa shape index (κ3) is 6.10. The van der Waals surface area contributed by atoms with Crippen LogP contribution in [0.4, 0.5) is 0 Å². The van der Waals surface area contributed by atoms with Gasteiger partial charge in [-0.3, -0.25) is 14.4 Å². The van der Waals surface area contributed by atoms with Crippen LogP contribution in [0.5, 0.6) is 11.5 Å². The van der Waals surface area contributed by atoms with Crippen LogP contribution in [0.15, 0.2) is 91.0 Å². The van der Waals surface area contributed by atoms with Crippen LogP contribution >= 0.6 is 23.2 Å². The molecule has 0 N–H and O–H groups in total. The second kappa shape index (κ2) is 11.2. The maximum absolute atomic E-state index is 13.3. The normalized spacial score (nSPS) is 15.1. The van der Waals surface area contributed by atoms with Crippen LogP contribution in [0.1, 0.15) is 16.8 Å². The third-order valence-corrected chi connectivity index (χ3v) is 5.93. The number of amides is 1. The molecule has 0 fully saturated rings. The number of nitrogens with zero attached hydrogens (tertiary/aromatic N) is 1. The second-order valence-electron chi connectivity index (χ2n) is 7.80. The van der Waals surface area contributed by atoms with Crippen molar-refractivity contribution >= 4 is 41.0 Å². The molecule has 1 aliphatic rings. The predicted octanol–water partition coefficient (Wildman–Crippen LogP) is 5.59. The number of halogens is 2. The Kier molecular flexibility index (Phi) is 7.85. The lowest BCUT2D eigenvalue weighted by atomic mass is 9.94. The fraction of sp³-hybridized carbons (Fsp3) is 0.148. The smallest absolute Gasteiger partial charge is 0.328 e. The average molecular weight is 510 g/mol. The van der Waals surface area contributed by atoms with Crippen LogP contribution in [-0.4, -0.2) is 35.3 Å². The summed E-state index contributed by atoms with van der Waals surface area (Å²) in [7, 11) is 0. The van der Waals surface area contributed by atoms with Gasteiger partial charge in [0, 0.05) is 22.2 Å². The highest BCUT2D eigenvalue weighted by Gasteiger charge is 2.42. The average Bonchev–Trinajstić information content (AvgIpc) is 2.87. The Labute approximate surface area is 212 Å². The molecule has 1 atom stereocenters. The molecule has 0 aliphatic carbocycles. The Balaban J connectivity index is 1.66. The van der Waals surface area contributed by atoms with Gasteiger partial charge in [-0.1, -0.05) is 53.6 Å². The van der Waals surface area contributed by atoms with Crippen LogP contribution < -0.4 is 9.47 Å². The zero-order chi connectivity index (χ0) is 24.8. The highest BCUT2D eigenvalue weighted by molar-refractivity contribution is 6.30. The maximum Gasteiger partial charge on any atom is 0.328 e. The topological polar surface area (TPSA) is 72.9 Å². The van der Waals surface area contributed by atoms with E-state index in [0.29, 0.717) is 28.6 Å². The van der Waals surface area contributed by atoms with Crippen LogP contribution in [0.25, 0.3) is 0 Å². The Morgan fingerprint density at radius 2 is 1.29 bits per heavy atom. The predicted molar refractivity (Wildman–Crippen MR) is 133 cm³/mol. The minimum absolute atomic E-state index is 0.212. The van der Waals surface area contributed by atoms with Gasteiger partial charge in [0.05, 0.1) is 6.04 Å². The molecule has 0 saturated carbocycles. The summed E-state index contributed by atoms with van der Waals surface area (Å²) in [6.07, 6.45) is 4.08. The number of rotatable bonds is 6. The van der Waals surface area contributed by atoms with Gasteiger partial charge in [0.25, 0.3) is 5.91 Å². The molecule has 4 rings (SSSR count). The SMILES string of the molecule is O=C(Oc1ccc(Cl)cc1)C(C(=O)Oc1ccc(Cl)cc1)C1C=CCCN1C(=O)c1ccccc1. The standard InChI is InChI=1S/C27H21Cl2NO5/c28-19-9-13-21(14-10-19)34-26(32)24(27(33)35-22-15-11-20(29)12-16-22)23-8-4-5-17-30(23)25(31)18-6-2-1-3-7-18/h1-4,6-16,23-24H,5,17H2. The Morgan fingerprint density at radius 1 is 0.771 bits per heavy atom. The fourth-order valence-corrected chi connectivity index (χ4v) is 3.97. The fourth-order valence-electron chi connectivity index (χ4n) is 3.72. The Morgan fingerprint density at radius 3 is 1.80 bits per heavy atom. The van der Waals surface area contributed by atoms with Crippen LogP contribution in [0.3, 0.4) is 0 Å². The van der Waals surface area contributed by atoms with Crippen molar-refractivity contribution in [1.82, 2.24) is 4.90 Å². The van der Waals surface area contributed by atoms with Gasteiger partial charge in [-0.25, -0.2) is 0 Å². The van der Waals surface area contributed by atoms with Crippen molar-refractivity contribution < 1.29 is 23.9 Å². The lowest BCUT2D eigenvalue weighted by Gasteiger charge is -2.35. The largest absolute Gasteiger partial charge is 0.426 e. The molecule has 6 nitrogen and oxygen atoms in total. The molecule has 3 aromatic carbocycles. The molecule has 35 heavy (non-hydrogen) atoms. The first-order valence-corrected chi connectivity index (χ1v) is 11.6. The summed E-state index contributed by atoms with van der Waals surface area (Å²) in [4.78, 5) is 41.5. The minimum Gasteiger partial charge on any atom is -0.426 e. The van der Waals surface area contributed by atoms with Crippen molar-refractivity contribution in [2.75, 3.05) is 6.54 Å². The van der Waals surface area contributed by atoms with E-state index in [-0.39, 0.29) is 17.4 Å². The molecule has 0 aromatic heterocycles. The van der Waals surface area contributed by atoms with E-state index in [1.165, 1.54) is 29.2 Å². The number of hydrogen-bond acceptors (Lipinski definition) is 5. The van der Waals surface area contributed by atoms with Crippen LogP contribution in [-0.2, 0) is 9.59 Å². The van der Waals surface area contributed by atoms with Gasteiger partial charge in [0.1, 0.15) is 11.5 Å². The van der Waals surface area contributed by atoms with Crippen molar-refractivity contribution in [1.29, 1.82) is 0 Å². The van der Waals surface area contributed by atoms with Gasteiger partial charge in [-0.15, -0.1) is 0 Å². The van der Waals surface area contributed by atoms with E-state index >= 15 is 0 Å². The van der Waals surface area contributed by atoms with Crippen molar-refractivity contribution in [3.8, 4) is 11.5 Å². The monoisotopic (exact) mass is 509 g/mol. The van der Waals surface area contributed by atoms with E-state index in [4.69, 9.17) is 32.7 Å². The molecule has 0 radical (unpaired) electrons. The van der Waals surface area contributed by atoms with Gasteiger partial charge in [0.15, 0.2) is 5.92 Å². The quantitative estimate of drug-likeness (QED) is 0.187. The number of hydrogen-bond donors (Lipinski definition) is 0. The summed E-state index contributed by atoms with van der Waals surface area (Å²) in [6.45, 7) is 0.327. The maximum atomic E-state index is 13.3. The first-order valence-electron chi connectivity index (χ1n) is 10.9. The van der Waals surface area contributed by atoms with Crippen molar-refractivity contribution in [3.05, 3.63) is 107 Å². The third-order valence-electron chi connectivity index (χ3n) is 5.42. The van der Waals surface area contributed by atoms with Gasteiger partial charge >= 0.3 is 11.9 Å². The summed E-state index contributed by atoms with van der Waals surface area (Å²) in [5.41, 5.74) is 0.448. The van der Waals surface area contributed by atoms with Gasteiger partial charge in [0.2, 0.25) is 0 Å². The molecule has 178 valence electrons. The van der Waals surface area contributed by atoms with Crippen molar-refractivity contribution in [3.63, 3.8) is 0 Å². The molecule has 1 amide bonds. The van der Waals surface area contributed by atoms with Crippen molar-refractivity contribution in [2.24, 2.45) is 5.92 Å². The summed E-state index contributed by atoms with van der Waals surface area (Å²) in [6, 6.07) is 20.1. The number of benzene rings is 3. The Bertz CT molecular complexity index is 1170. The van der Waals surface area contributed by atoms with E-state index in [1.807, 2.05) is 6.08 Å². The first kappa shape index (κ1) is 24.5. The molecule has 0 spiro atoms. The van der Waals surface area contributed by atoms with E-state index in [9.17, 15) is 14.4 Å². The first-order chi connectivity index (χ1) is 16.9. The summed E-state index contributed by atoms with van der Waals surface area (Å²) in [5.74, 6) is -3.02. The number of esters is 2.